The van der Waals surface area contributed by atoms with Crippen LogP contribution in [0.3, 0.4) is 0 Å². The third-order valence-corrected chi connectivity index (χ3v) is 3.04. The van der Waals surface area contributed by atoms with Crippen molar-refractivity contribution in [2.45, 2.75) is 13.1 Å². The molecule has 0 saturated heterocycles. The van der Waals surface area contributed by atoms with Gasteiger partial charge in [0.2, 0.25) is 0 Å². The highest BCUT2D eigenvalue weighted by molar-refractivity contribution is 6.30. The number of hydrogen-bond donors (Lipinski definition) is 1. The Morgan fingerprint density at radius 1 is 1.05 bits per heavy atom. The Morgan fingerprint density at radius 3 is 2.32 bits per heavy atom. The van der Waals surface area contributed by atoms with Gasteiger partial charge in [-0.3, -0.25) is 0 Å². The third kappa shape index (κ3) is 3.94. The lowest BCUT2D eigenvalue weighted by atomic mass is 10.2. The molecule has 0 radical (unpaired) electrons. The molecule has 0 aromatic heterocycles. The van der Waals surface area contributed by atoms with Gasteiger partial charge in [-0.15, -0.1) is 0 Å². The second-order valence-corrected chi connectivity index (χ2v) is 4.64. The molecule has 2 rings (SSSR count). The lowest BCUT2D eigenvalue weighted by molar-refractivity contribution is 0.386. The Bertz CT molecular complexity index is 542. The minimum absolute atomic E-state index is 0.265. The van der Waals surface area contributed by atoms with Crippen LogP contribution in [-0.4, -0.2) is 7.11 Å². The molecule has 1 N–H and O–H groups in total. The summed E-state index contributed by atoms with van der Waals surface area (Å²) in [7, 11) is 1.46. The van der Waals surface area contributed by atoms with E-state index in [0.29, 0.717) is 13.1 Å². The standard InChI is InChI=1S/C15H15ClFNO/c1-19-15-7-4-12(8-14(15)17)10-18-9-11-2-5-13(16)6-3-11/h2-8,18H,9-10H2,1H3. The van der Waals surface area contributed by atoms with Crippen LogP contribution in [0.2, 0.25) is 5.02 Å². The third-order valence-electron chi connectivity index (χ3n) is 2.79. The second kappa shape index (κ2) is 6.55. The van der Waals surface area contributed by atoms with Crippen molar-refractivity contribution in [3.8, 4) is 5.75 Å². The van der Waals surface area contributed by atoms with Gasteiger partial charge in [-0.1, -0.05) is 29.8 Å². The molecule has 4 heteroatoms. The van der Waals surface area contributed by atoms with Gasteiger partial charge in [0.15, 0.2) is 11.6 Å². The predicted molar refractivity (Wildman–Crippen MR) is 74.9 cm³/mol. The average Bonchev–Trinajstić information content (AvgIpc) is 2.41. The summed E-state index contributed by atoms with van der Waals surface area (Å²) in [5.41, 5.74) is 2.02. The Hall–Kier alpha value is -1.58. The highest BCUT2D eigenvalue weighted by Gasteiger charge is 2.03. The molecule has 0 amide bonds. The monoisotopic (exact) mass is 279 g/mol. The number of benzene rings is 2. The van der Waals surface area contributed by atoms with Crippen molar-refractivity contribution < 1.29 is 9.13 Å². The van der Waals surface area contributed by atoms with E-state index >= 15 is 0 Å². The number of halogens is 2. The lowest BCUT2D eigenvalue weighted by Gasteiger charge is -2.07. The topological polar surface area (TPSA) is 21.3 Å². The Labute approximate surface area is 117 Å². The minimum atomic E-state index is -0.340. The van der Waals surface area contributed by atoms with E-state index in [-0.39, 0.29) is 11.6 Å². The van der Waals surface area contributed by atoms with Gasteiger partial charge >= 0.3 is 0 Å². The van der Waals surface area contributed by atoms with Crippen LogP contribution < -0.4 is 10.1 Å². The van der Waals surface area contributed by atoms with Crippen LogP contribution in [-0.2, 0) is 13.1 Å². The van der Waals surface area contributed by atoms with E-state index < -0.39 is 0 Å². The maximum absolute atomic E-state index is 13.5. The predicted octanol–water partition coefficient (Wildman–Crippen LogP) is 3.78. The molecule has 0 unspecified atom stereocenters. The Kier molecular flexibility index (Phi) is 4.77. The molecule has 0 bridgehead atoms. The first kappa shape index (κ1) is 13.8. The molecule has 0 aliphatic heterocycles. The molecular weight excluding hydrogens is 265 g/mol. The number of hydrogen-bond acceptors (Lipinski definition) is 2. The van der Waals surface area contributed by atoms with E-state index in [1.165, 1.54) is 13.2 Å². The van der Waals surface area contributed by atoms with Gasteiger partial charge in [-0.05, 0) is 35.4 Å². The molecule has 19 heavy (non-hydrogen) atoms. The summed E-state index contributed by atoms with van der Waals surface area (Å²) in [5.74, 6) is -0.0743. The zero-order chi connectivity index (χ0) is 13.7. The molecule has 100 valence electrons. The van der Waals surface area contributed by atoms with Crippen molar-refractivity contribution in [2.24, 2.45) is 0 Å². The maximum Gasteiger partial charge on any atom is 0.165 e. The second-order valence-electron chi connectivity index (χ2n) is 4.20. The lowest BCUT2D eigenvalue weighted by Crippen LogP contribution is -2.12. The van der Waals surface area contributed by atoms with Crippen molar-refractivity contribution in [2.75, 3.05) is 7.11 Å². The summed E-state index contributed by atoms with van der Waals surface area (Å²) in [5, 5.41) is 3.97. The molecule has 0 aliphatic carbocycles. The van der Waals surface area contributed by atoms with Crippen molar-refractivity contribution in [3.05, 3.63) is 64.4 Å². The van der Waals surface area contributed by atoms with Gasteiger partial charge in [-0.2, -0.15) is 0 Å². The Morgan fingerprint density at radius 2 is 1.68 bits per heavy atom. The van der Waals surface area contributed by atoms with Crippen LogP contribution in [0, 0.1) is 5.82 Å². The molecule has 0 fully saturated rings. The molecule has 0 saturated carbocycles. The maximum atomic E-state index is 13.5. The normalized spacial score (nSPS) is 10.5. The first-order chi connectivity index (χ1) is 9.19. The highest BCUT2D eigenvalue weighted by atomic mass is 35.5. The van der Waals surface area contributed by atoms with Crippen LogP contribution in [0.25, 0.3) is 0 Å². The van der Waals surface area contributed by atoms with Crippen molar-refractivity contribution in [3.63, 3.8) is 0 Å². The fourth-order valence-corrected chi connectivity index (χ4v) is 1.90. The van der Waals surface area contributed by atoms with Crippen molar-refractivity contribution in [1.29, 1.82) is 0 Å². The van der Waals surface area contributed by atoms with Gasteiger partial charge in [0.1, 0.15) is 0 Å². The molecule has 2 aromatic carbocycles. The zero-order valence-corrected chi connectivity index (χ0v) is 11.4. The Balaban J connectivity index is 1.88. The molecule has 2 aromatic rings. The summed E-state index contributed by atoms with van der Waals surface area (Å²) in [6.07, 6.45) is 0. The van der Waals surface area contributed by atoms with Gasteiger partial charge in [-0.25, -0.2) is 4.39 Å². The van der Waals surface area contributed by atoms with E-state index in [1.54, 1.807) is 6.07 Å². The van der Waals surface area contributed by atoms with E-state index in [2.05, 4.69) is 5.32 Å². The van der Waals surface area contributed by atoms with Crippen LogP contribution in [0.1, 0.15) is 11.1 Å². The van der Waals surface area contributed by atoms with E-state index in [4.69, 9.17) is 16.3 Å². The van der Waals surface area contributed by atoms with Gasteiger partial charge in [0, 0.05) is 18.1 Å². The first-order valence-electron chi connectivity index (χ1n) is 5.96. The summed E-state index contributed by atoms with van der Waals surface area (Å²) in [4.78, 5) is 0. The first-order valence-corrected chi connectivity index (χ1v) is 6.34. The van der Waals surface area contributed by atoms with E-state index in [1.807, 2.05) is 30.3 Å². The fraction of sp³-hybridized carbons (Fsp3) is 0.200. The quantitative estimate of drug-likeness (QED) is 0.899. The van der Waals surface area contributed by atoms with Crippen LogP contribution in [0.4, 0.5) is 4.39 Å². The van der Waals surface area contributed by atoms with Crippen LogP contribution in [0.5, 0.6) is 5.75 Å². The number of methoxy groups -OCH3 is 1. The van der Waals surface area contributed by atoms with Crippen LogP contribution in [0.15, 0.2) is 42.5 Å². The average molecular weight is 280 g/mol. The molecular formula is C15H15ClFNO. The molecule has 0 atom stereocenters. The molecule has 0 spiro atoms. The van der Waals surface area contributed by atoms with E-state index in [0.717, 1.165) is 16.1 Å². The smallest absolute Gasteiger partial charge is 0.165 e. The summed E-state index contributed by atoms with van der Waals surface area (Å²) >= 11 is 5.81. The summed E-state index contributed by atoms with van der Waals surface area (Å²) in [6, 6.07) is 12.6. The van der Waals surface area contributed by atoms with Gasteiger partial charge in [0.05, 0.1) is 7.11 Å². The zero-order valence-electron chi connectivity index (χ0n) is 10.6. The largest absolute Gasteiger partial charge is 0.494 e. The van der Waals surface area contributed by atoms with E-state index in [9.17, 15) is 4.39 Å². The SMILES string of the molecule is COc1ccc(CNCc2ccc(Cl)cc2)cc1F. The van der Waals surface area contributed by atoms with Gasteiger partial charge < -0.3 is 10.1 Å². The number of nitrogens with one attached hydrogen (secondary N) is 1. The molecule has 0 aliphatic rings. The summed E-state index contributed by atoms with van der Waals surface area (Å²) in [6.45, 7) is 1.31. The van der Waals surface area contributed by atoms with Gasteiger partial charge in [0.25, 0.3) is 0 Å². The highest BCUT2D eigenvalue weighted by Crippen LogP contribution is 2.17. The van der Waals surface area contributed by atoms with Crippen molar-refractivity contribution in [1.82, 2.24) is 5.32 Å². The fourth-order valence-electron chi connectivity index (χ4n) is 1.77. The van der Waals surface area contributed by atoms with Crippen LogP contribution >= 0.6 is 11.6 Å². The summed E-state index contributed by atoms with van der Waals surface area (Å²) < 4.78 is 18.4. The number of ether oxygens (including phenoxy) is 1. The number of rotatable bonds is 5. The minimum Gasteiger partial charge on any atom is -0.494 e. The molecule has 0 heterocycles. The van der Waals surface area contributed by atoms with Crippen molar-refractivity contribution >= 4 is 11.6 Å². The molecule has 2 nitrogen and oxygen atoms in total.